The molecule has 2 rings (SSSR count). The van der Waals surface area contributed by atoms with Crippen molar-refractivity contribution in [3.05, 3.63) is 30.3 Å². The number of hydrogen-bond donors (Lipinski definition) is 3. The minimum atomic E-state index is -0.127. The summed E-state index contributed by atoms with van der Waals surface area (Å²) in [6.45, 7) is 11.7. The van der Waals surface area contributed by atoms with Crippen molar-refractivity contribution in [2.24, 2.45) is 10.9 Å². The van der Waals surface area contributed by atoms with Crippen LogP contribution < -0.4 is 16.0 Å². The summed E-state index contributed by atoms with van der Waals surface area (Å²) in [6, 6.07) is 9.88. The number of carbonyl (C=O) groups is 1. The van der Waals surface area contributed by atoms with Crippen molar-refractivity contribution in [2.75, 3.05) is 51.3 Å². The molecule has 1 heterocycles. The Labute approximate surface area is 175 Å². The number of anilines is 1. The quantitative estimate of drug-likeness (QED) is 0.413. The lowest BCUT2D eigenvalue weighted by atomic mass is 9.92. The molecule has 162 valence electrons. The molecule has 1 amide bonds. The fourth-order valence-electron chi connectivity index (χ4n) is 3.75. The number of aliphatic imine (C=N–C) groups is 1. The molecule has 1 aliphatic rings. The second kappa shape index (κ2) is 13.2. The molecule has 7 nitrogen and oxygen atoms in total. The molecule has 1 unspecified atom stereocenters. The molecule has 1 saturated heterocycles. The number of hydrogen-bond acceptors (Lipinski definition) is 4. The van der Waals surface area contributed by atoms with E-state index in [0.717, 1.165) is 57.9 Å². The van der Waals surface area contributed by atoms with Crippen molar-refractivity contribution in [3.8, 4) is 0 Å². The van der Waals surface area contributed by atoms with Crippen molar-refractivity contribution >= 4 is 17.6 Å². The van der Waals surface area contributed by atoms with E-state index in [1.807, 2.05) is 37.3 Å². The summed E-state index contributed by atoms with van der Waals surface area (Å²) in [6.07, 6.45) is 2.29. The Morgan fingerprint density at radius 3 is 2.41 bits per heavy atom. The van der Waals surface area contributed by atoms with Gasteiger partial charge in [-0.15, -0.1) is 0 Å². The maximum absolute atomic E-state index is 12.2. The average Bonchev–Trinajstić information content (AvgIpc) is 2.76. The fraction of sp³-hybridized carbons (Fsp3) is 0.636. The fourth-order valence-corrected chi connectivity index (χ4v) is 3.75. The number of guanidine groups is 1. The highest BCUT2D eigenvalue weighted by molar-refractivity contribution is 5.94. The number of rotatable bonds is 10. The van der Waals surface area contributed by atoms with E-state index in [0.29, 0.717) is 17.9 Å². The largest absolute Gasteiger partial charge is 0.379 e. The maximum Gasteiger partial charge on any atom is 0.246 e. The molecule has 0 aliphatic carbocycles. The van der Waals surface area contributed by atoms with Crippen molar-refractivity contribution in [2.45, 2.75) is 39.7 Å². The van der Waals surface area contributed by atoms with Gasteiger partial charge in [0.15, 0.2) is 5.96 Å². The first-order chi connectivity index (χ1) is 14.2. The van der Waals surface area contributed by atoms with Crippen LogP contribution >= 0.6 is 0 Å². The number of carbonyl (C=O) groups excluding carboxylic acids is 1. The van der Waals surface area contributed by atoms with Crippen LogP contribution in [-0.2, 0) is 9.53 Å². The molecule has 1 aromatic carbocycles. The molecule has 1 fully saturated rings. The van der Waals surface area contributed by atoms with Crippen molar-refractivity contribution in [1.82, 2.24) is 15.5 Å². The van der Waals surface area contributed by atoms with Crippen LogP contribution in [0, 0.1) is 5.92 Å². The van der Waals surface area contributed by atoms with Gasteiger partial charge in [-0.05, 0) is 25.0 Å². The molecule has 3 N–H and O–H groups in total. The van der Waals surface area contributed by atoms with Gasteiger partial charge in [0, 0.05) is 37.9 Å². The monoisotopic (exact) mass is 403 g/mol. The van der Waals surface area contributed by atoms with Gasteiger partial charge in [-0.1, -0.05) is 44.9 Å². The standard InChI is InChI=1S/C22H37N5O2/c1-4-18(5-2)20(27-12-14-29-15-13-27)16-24-22(23-6-3)25-17-21(28)26-19-10-8-7-9-11-19/h7-11,18,20H,4-6,12-17H2,1-3H3,(H,26,28)(H2,23,24,25). The third-order valence-electron chi connectivity index (χ3n) is 5.37. The Morgan fingerprint density at radius 1 is 1.10 bits per heavy atom. The zero-order valence-electron chi connectivity index (χ0n) is 18.1. The lowest BCUT2D eigenvalue weighted by Gasteiger charge is -2.39. The topological polar surface area (TPSA) is 78.0 Å². The Kier molecular flexibility index (Phi) is 10.5. The molecule has 7 heteroatoms. The van der Waals surface area contributed by atoms with Crippen LogP contribution in [0.15, 0.2) is 35.3 Å². The Bertz CT molecular complexity index is 613. The summed E-state index contributed by atoms with van der Waals surface area (Å²) in [5, 5.41) is 9.58. The number of ether oxygens (including phenoxy) is 1. The molecule has 1 aromatic rings. The van der Waals surface area contributed by atoms with Crippen LogP contribution in [0.2, 0.25) is 0 Å². The molecule has 1 aliphatic heterocycles. The normalized spacial score (nSPS) is 16.5. The molecule has 0 bridgehead atoms. The summed E-state index contributed by atoms with van der Waals surface area (Å²) >= 11 is 0. The van der Waals surface area contributed by atoms with E-state index in [9.17, 15) is 4.79 Å². The minimum absolute atomic E-state index is 0.0808. The predicted molar refractivity (Wildman–Crippen MR) is 119 cm³/mol. The van der Waals surface area contributed by atoms with E-state index in [1.165, 1.54) is 0 Å². The second-order valence-corrected chi connectivity index (χ2v) is 7.28. The first kappa shape index (κ1) is 23.2. The number of para-hydroxylation sites is 1. The van der Waals surface area contributed by atoms with Crippen LogP contribution in [0.1, 0.15) is 33.6 Å². The zero-order valence-corrected chi connectivity index (χ0v) is 18.1. The van der Waals surface area contributed by atoms with Crippen molar-refractivity contribution < 1.29 is 9.53 Å². The van der Waals surface area contributed by atoms with Crippen LogP contribution in [0.5, 0.6) is 0 Å². The van der Waals surface area contributed by atoms with E-state index in [4.69, 9.17) is 4.74 Å². The first-order valence-corrected chi connectivity index (χ1v) is 10.9. The molecule has 29 heavy (non-hydrogen) atoms. The number of amides is 1. The second-order valence-electron chi connectivity index (χ2n) is 7.28. The van der Waals surface area contributed by atoms with Gasteiger partial charge in [0.25, 0.3) is 0 Å². The smallest absolute Gasteiger partial charge is 0.246 e. The molecular formula is C22H37N5O2. The highest BCUT2D eigenvalue weighted by Crippen LogP contribution is 2.19. The number of morpholine rings is 1. The Hall–Kier alpha value is -2.12. The lowest BCUT2D eigenvalue weighted by Crippen LogP contribution is -2.53. The summed E-state index contributed by atoms with van der Waals surface area (Å²) in [7, 11) is 0. The molecule has 0 saturated carbocycles. The van der Waals surface area contributed by atoms with Crippen molar-refractivity contribution in [3.63, 3.8) is 0 Å². The Morgan fingerprint density at radius 2 is 1.79 bits per heavy atom. The minimum Gasteiger partial charge on any atom is -0.379 e. The highest BCUT2D eigenvalue weighted by atomic mass is 16.5. The molecule has 0 spiro atoms. The summed E-state index contributed by atoms with van der Waals surface area (Å²) in [4.78, 5) is 19.2. The van der Waals surface area contributed by atoms with Crippen LogP contribution in [-0.4, -0.2) is 68.7 Å². The van der Waals surface area contributed by atoms with Gasteiger partial charge in [-0.2, -0.15) is 0 Å². The van der Waals surface area contributed by atoms with Crippen molar-refractivity contribution in [1.29, 1.82) is 0 Å². The molecule has 1 atom stereocenters. The number of benzene rings is 1. The summed E-state index contributed by atoms with van der Waals surface area (Å²) in [5.74, 6) is 1.17. The lowest BCUT2D eigenvalue weighted by molar-refractivity contribution is -0.114. The average molecular weight is 404 g/mol. The molecule has 0 aromatic heterocycles. The van der Waals surface area contributed by atoms with Gasteiger partial charge in [0.1, 0.15) is 6.54 Å². The van der Waals surface area contributed by atoms with E-state index in [1.54, 1.807) is 0 Å². The van der Waals surface area contributed by atoms with Gasteiger partial charge >= 0.3 is 0 Å². The zero-order chi connectivity index (χ0) is 20.9. The van der Waals surface area contributed by atoms with Gasteiger partial charge in [-0.25, -0.2) is 4.99 Å². The first-order valence-electron chi connectivity index (χ1n) is 10.9. The molecule has 0 radical (unpaired) electrons. The van der Waals surface area contributed by atoms with Gasteiger partial charge < -0.3 is 20.7 Å². The summed E-state index contributed by atoms with van der Waals surface area (Å²) < 4.78 is 5.53. The SMILES string of the molecule is CCNC(=NCC(=O)Nc1ccccc1)NCC(C(CC)CC)N1CCOCC1. The van der Waals surface area contributed by atoms with E-state index in [-0.39, 0.29) is 12.5 Å². The van der Waals surface area contributed by atoms with Gasteiger partial charge in [-0.3, -0.25) is 9.69 Å². The number of nitrogens with one attached hydrogen (secondary N) is 3. The molecular weight excluding hydrogens is 366 g/mol. The van der Waals surface area contributed by atoms with Crippen LogP contribution in [0.25, 0.3) is 0 Å². The Balaban J connectivity index is 1.95. The third kappa shape index (κ3) is 8.03. The van der Waals surface area contributed by atoms with Gasteiger partial charge in [0.05, 0.1) is 13.2 Å². The van der Waals surface area contributed by atoms with E-state index < -0.39 is 0 Å². The third-order valence-corrected chi connectivity index (χ3v) is 5.37. The maximum atomic E-state index is 12.2. The predicted octanol–water partition coefficient (Wildman–Crippen LogP) is 2.32. The van der Waals surface area contributed by atoms with Gasteiger partial charge in [0.2, 0.25) is 5.91 Å². The number of nitrogens with zero attached hydrogens (tertiary/aromatic N) is 2. The summed E-state index contributed by atoms with van der Waals surface area (Å²) in [5.41, 5.74) is 0.784. The van der Waals surface area contributed by atoms with Crippen LogP contribution in [0.3, 0.4) is 0 Å². The highest BCUT2D eigenvalue weighted by Gasteiger charge is 2.27. The van der Waals surface area contributed by atoms with Crippen LogP contribution in [0.4, 0.5) is 5.69 Å². The van der Waals surface area contributed by atoms with E-state index in [2.05, 4.69) is 39.7 Å². The van der Waals surface area contributed by atoms with E-state index >= 15 is 0 Å².